The first-order valence-electron chi connectivity index (χ1n) is 12.2. The van der Waals surface area contributed by atoms with Crippen molar-refractivity contribution < 1.29 is 9.53 Å². The first-order chi connectivity index (χ1) is 18.2. The molecule has 0 N–H and O–H groups in total. The molecule has 1 aliphatic rings. The summed E-state index contributed by atoms with van der Waals surface area (Å²) in [5, 5.41) is 14.7. The molecule has 0 atom stereocenters. The number of nitrogens with zero attached hydrogens (tertiary/aromatic N) is 5. The van der Waals surface area contributed by atoms with E-state index in [-0.39, 0.29) is 11.5 Å². The lowest BCUT2D eigenvalue weighted by Gasteiger charge is -2.36. The maximum absolute atomic E-state index is 13.4. The minimum absolute atomic E-state index is 0.0931. The van der Waals surface area contributed by atoms with Crippen LogP contribution in [0.15, 0.2) is 96.7 Å². The minimum Gasteiger partial charge on any atom is -0.495 e. The highest BCUT2D eigenvalue weighted by Gasteiger charge is 2.25. The molecule has 1 saturated heterocycles. The molecule has 0 spiro atoms. The Kier molecular flexibility index (Phi) is 7.00. The Morgan fingerprint density at radius 3 is 2.24 bits per heavy atom. The number of carbonyl (C=O) groups is 1. The molecule has 5 rings (SSSR count). The molecule has 184 valence electrons. The average molecular weight is 490 g/mol. The van der Waals surface area contributed by atoms with E-state index in [1.807, 2.05) is 91.1 Å². The minimum atomic E-state index is -0.270. The van der Waals surface area contributed by atoms with E-state index < -0.39 is 0 Å². The summed E-state index contributed by atoms with van der Waals surface area (Å²) in [5.41, 5.74) is 4.35. The number of hydrogen-bond acceptors (Lipinski definition) is 5. The molecular formula is C30H27N5O2. The van der Waals surface area contributed by atoms with Gasteiger partial charge >= 0.3 is 0 Å². The number of nitriles is 1. The van der Waals surface area contributed by atoms with E-state index in [0.717, 1.165) is 22.7 Å². The molecule has 0 aliphatic carbocycles. The number of methoxy groups -OCH3 is 1. The van der Waals surface area contributed by atoms with Crippen LogP contribution in [0.2, 0.25) is 0 Å². The highest BCUT2D eigenvalue weighted by atomic mass is 16.5. The second-order valence-electron chi connectivity index (χ2n) is 8.70. The molecule has 1 fully saturated rings. The van der Waals surface area contributed by atoms with Gasteiger partial charge in [-0.2, -0.15) is 10.4 Å². The largest absolute Gasteiger partial charge is 0.495 e. The molecule has 0 unspecified atom stereocenters. The van der Waals surface area contributed by atoms with Gasteiger partial charge in [-0.25, -0.2) is 4.68 Å². The molecule has 4 aromatic rings. The Hall–Kier alpha value is -4.83. The van der Waals surface area contributed by atoms with Crippen molar-refractivity contribution in [2.45, 2.75) is 0 Å². The average Bonchev–Trinajstić information content (AvgIpc) is 3.40. The van der Waals surface area contributed by atoms with E-state index in [1.54, 1.807) is 22.8 Å². The van der Waals surface area contributed by atoms with E-state index >= 15 is 0 Å². The van der Waals surface area contributed by atoms with Crippen LogP contribution in [0.1, 0.15) is 5.56 Å². The lowest BCUT2D eigenvalue weighted by atomic mass is 10.1. The number of ether oxygens (including phenoxy) is 1. The van der Waals surface area contributed by atoms with Crippen molar-refractivity contribution >= 4 is 17.7 Å². The summed E-state index contributed by atoms with van der Waals surface area (Å²) >= 11 is 0. The fraction of sp³-hybridized carbons (Fsp3) is 0.167. The van der Waals surface area contributed by atoms with Gasteiger partial charge in [0, 0.05) is 43.5 Å². The summed E-state index contributed by atoms with van der Waals surface area (Å²) in [6.45, 7) is 2.35. The molecule has 0 bridgehead atoms. The Labute approximate surface area is 216 Å². The SMILES string of the molecule is COc1ccccc1N1CCN(C(=O)C(C#N)=Cc2cn(-c3ccccc3)nc2-c2ccccc2)CC1. The zero-order valence-electron chi connectivity index (χ0n) is 20.6. The lowest BCUT2D eigenvalue weighted by Crippen LogP contribution is -2.49. The number of aromatic nitrogens is 2. The highest BCUT2D eigenvalue weighted by molar-refractivity contribution is 6.02. The standard InChI is InChI=1S/C30H27N5O2/c1-37-28-15-9-8-14-27(28)33-16-18-34(19-17-33)30(36)24(21-31)20-25-22-35(26-12-6-3-7-13-26)32-29(25)23-10-4-2-5-11-23/h2-15,20,22H,16-19H2,1H3. The molecule has 7 heteroatoms. The number of para-hydroxylation sites is 3. The van der Waals surface area contributed by atoms with Crippen LogP contribution in [-0.2, 0) is 4.79 Å². The Morgan fingerprint density at radius 2 is 1.57 bits per heavy atom. The van der Waals surface area contributed by atoms with Crippen molar-refractivity contribution in [2.75, 3.05) is 38.2 Å². The van der Waals surface area contributed by atoms with Crippen LogP contribution in [0, 0.1) is 11.3 Å². The summed E-state index contributed by atoms with van der Waals surface area (Å²) in [5.74, 6) is 0.539. The van der Waals surface area contributed by atoms with Crippen LogP contribution < -0.4 is 9.64 Å². The van der Waals surface area contributed by atoms with Gasteiger partial charge in [-0.1, -0.05) is 60.7 Å². The summed E-state index contributed by atoms with van der Waals surface area (Å²) < 4.78 is 7.27. The fourth-order valence-corrected chi connectivity index (χ4v) is 4.54. The molecule has 1 aromatic heterocycles. The number of benzene rings is 3. The van der Waals surface area contributed by atoms with E-state index in [9.17, 15) is 10.1 Å². The van der Waals surface area contributed by atoms with E-state index in [4.69, 9.17) is 9.84 Å². The Morgan fingerprint density at radius 1 is 0.919 bits per heavy atom. The van der Waals surface area contributed by atoms with Gasteiger partial charge in [-0.05, 0) is 30.3 Å². The van der Waals surface area contributed by atoms with Crippen LogP contribution >= 0.6 is 0 Å². The van der Waals surface area contributed by atoms with Crippen molar-refractivity contribution in [1.82, 2.24) is 14.7 Å². The molecule has 37 heavy (non-hydrogen) atoms. The van der Waals surface area contributed by atoms with E-state index in [2.05, 4.69) is 11.0 Å². The molecule has 1 amide bonds. The maximum atomic E-state index is 13.4. The Bertz CT molecular complexity index is 1450. The van der Waals surface area contributed by atoms with Crippen molar-refractivity contribution in [3.63, 3.8) is 0 Å². The van der Waals surface area contributed by atoms with Crippen LogP contribution in [0.25, 0.3) is 23.0 Å². The van der Waals surface area contributed by atoms with Gasteiger partial charge in [-0.3, -0.25) is 4.79 Å². The molecule has 2 heterocycles. The van der Waals surface area contributed by atoms with Gasteiger partial charge in [-0.15, -0.1) is 0 Å². The van der Waals surface area contributed by atoms with E-state index in [0.29, 0.717) is 37.4 Å². The predicted octanol–water partition coefficient (Wildman–Crippen LogP) is 4.80. The quantitative estimate of drug-likeness (QED) is 0.287. The van der Waals surface area contributed by atoms with Crippen molar-refractivity contribution in [3.05, 3.63) is 102 Å². The summed E-state index contributed by atoms with van der Waals surface area (Å²) in [4.78, 5) is 17.3. The smallest absolute Gasteiger partial charge is 0.264 e. The van der Waals surface area contributed by atoms with Crippen LogP contribution in [0.5, 0.6) is 5.75 Å². The van der Waals surface area contributed by atoms with Gasteiger partial charge in [0.2, 0.25) is 0 Å². The number of amides is 1. The third-order valence-corrected chi connectivity index (χ3v) is 6.45. The first kappa shape index (κ1) is 23.9. The zero-order valence-corrected chi connectivity index (χ0v) is 20.6. The van der Waals surface area contributed by atoms with Gasteiger partial charge < -0.3 is 14.5 Å². The predicted molar refractivity (Wildman–Crippen MR) is 144 cm³/mol. The fourth-order valence-electron chi connectivity index (χ4n) is 4.54. The van der Waals surface area contributed by atoms with E-state index in [1.165, 1.54) is 0 Å². The van der Waals surface area contributed by atoms with Crippen LogP contribution in [0.3, 0.4) is 0 Å². The maximum Gasteiger partial charge on any atom is 0.264 e. The van der Waals surface area contributed by atoms with Gasteiger partial charge in [0.05, 0.1) is 24.2 Å². The summed E-state index contributed by atoms with van der Waals surface area (Å²) in [6, 6.07) is 29.6. The molecule has 3 aromatic carbocycles. The second-order valence-corrected chi connectivity index (χ2v) is 8.70. The number of carbonyl (C=O) groups excluding carboxylic acids is 1. The third kappa shape index (κ3) is 5.09. The van der Waals surface area contributed by atoms with Crippen LogP contribution in [-0.4, -0.2) is 53.9 Å². The molecule has 0 radical (unpaired) electrons. The van der Waals surface area contributed by atoms with Gasteiger partial charge in [0.25, 0.3) is 5.91 Å². The lowest BCUT2D eigenvalue weighted by molar-refractivity contribution is -0.126. The number of rotatable bonds is 6. The molecule has 1 aliphatic heterocycles. The molecular weight excluding hydrogens is 462 g/mol. The highest BCUT2D eigenvalue weighted by Crippen LogP contribution is 2.29. The summed E-state index contributed by atoms with van der Waals surface area (Å²) in [7, 11) is 1.66. The van der Waals surface area contributed by atoms with Crippen LogP contribution in [0.4, 0.5) is 5.69 Å². The van der Waals surface area contributed by atoms with Gasteiger partial charge in [0.1, 0.15) is 17.4 Å². The van der Waals surface area contributed by atoms with Crippen molar-refractivity contribution in [1.29, 1.82) is 5.26 Å². The number of anilines is 1. The molecule has 7 nitrogen and oxygen atoms in total. The zero-order chi connectivity index (χ0) is 25.6. The normalized spacial score (nSPS) is 13.8. The molecule has 0 saturated carbocycles. The Balaban J connectivity index is 1.40. The topological polar surface area (TPSA) is 74.4 Å². The second kappa shape index (κ2) is 10.8. The monoisotopic (exact) mass is 489 g/mol. The van der Waals surface area contributed by atoms with Crippen molar-refractivity contribution in [3.8, 4) is 28.8 Å². The number of hydrogen-bond donors (Lipinski definition) is 0. The summed E-state index contributed by atoms with van der Waals surface area (Å²) in [6.07, 6.45) is 3.52. The van der Waals surface area contributed by atoms with Gasteiger partial charge in [0.15, 0.2) is 0 Å². The third-order valence-electron chi connectivity index (χ3n) is 6.45. The van der Waals surface area contributed by atoms with Crippen molar-refractivity contribution in [2.24, 2.45) is 0 Å². The number of piperazine rings is 1. The first-order valence-corrected chi connectivity index (χ1v) is 12.2.